The molecule has 0 N–H and O–H groups in total. The van der Waals surface area contributed by atoms with Gasteiger partial charge in [0.25, 0.3) is 0 Å². The van der Waals surface area contributed by atoms with Gasteiger partial charge in [-0.2, -0.15) is 0 Å². The number of fused-ring (bicyclic) bond motifs is 28. The van der Waals surface area contributed by atoms with Crippen molar-refractivity contribution in [2.75, 3.05) is 0 Å². The Morgan fingerprint density at radius 2 is 0.616 bits per heavy atom. The Bertz CT molecular complexity index is 8450. The third-order valence-electron chi connectivity index (χ3n) is 28.3. The number of benzene rings is 12. The third kappa shape index (κ3) is 11.9. The van der Waals surface area contributed by atoms with E-state index in [1.807, 2.05) is 11.3 Å². The predicted octanol–water partition coefficient (Wildman–Crippen LogP) is 28.6. The van der Waals surface area contributed by atoms with Crippen molar-refractivity contribution in [1.82, 2.24) is 4.57 Å². The molecule has 2 aliphatic rings. The first-order valence-electron chi connectivity index (χ1n) is 43.7. The van der Waals surface area contributed by atoms with Crippen LogP contribution >= 0.6 is 11.3 Å². The van der Waals surface area contributed by atoms with Crippen LogP contribution < -0.4 is 18.3 Å². The van der Waals surface area contributed by atoms with Gasteiger partial charge in [-0.1, -0.05) is 185 Å². The maximum Gasteiger partial charge on any atom is 0.216 e. The second-order valence-electron chi connectivity index (χ2n) is 36.9. The summed E-state index contributed by atoms with van der Waals surface area (Å²) in [5.41, 5.74) is 45.5. The second-order valence-corrected chi connectivity index (χ2v) is 38.0. The average molecular weight is 1650 g/mol. The summed E-state index contributed by atoms with van der Waals surface area (Å²) in [5.74, 6) is 0. The number of thiophene rings is 1. The van der Waals surface area contributed by atoms with E-state index in [-0.39, 0.29) is 10.8 Å². The van der Waals surface area contributed by atoms with Gasteiger partial charge in [0.1, 0.15) is 67.3 Å². The molecular formula is C115H103N5O4S+4. The number of hydrogen-bond acceptors (Lipinski definition) is 5. The minimum absolute atomic E-state index is 0.0294. The highest BCUT2D eigenvalue weighted by Crippen LogP contribution is 2.56. The number of aryl methyl sites for hydroxylation is 17. The molecule has 0 radical (unpaired) electrons. The van der Waals surface area contributed by atoms with Gasteiger partial charge in [-0.15, -0.1) is 11.3 Å². The maximum absolute atomic E-state index is 6.84. The normalized spacial score (nSPS) is 13.1. The monoisotopic (exact) mass is 1650 g/mol. The smallest absolute Gasteiger partial charge is 0.216 e. The Morgan fingerprint density at radius 3 is 1.12 bits per heavy atom. The summed E-state index contributed by atoms with van der Waals surface area (Å²) in [6, 6.07) is 79.6. The molecule has 0 amide bonds. The maximum atomic E-state index is 6.84. The van der Waals surface area contributed by atoms with Crippen molar-refractivity contribution in [3.63, 3.8) is 0 Å². The van der Waals surface area contributed by atoms with Crippen LogP contribution in [0.25, 0.3) is 197 Å². The summed E-state index contributed by atoms with van der Waals surface area (Å²) in [6.07, 6.45) is 8.83. The lowest BCUT2D eigenvalue weighted by atomic mass is 9.82. The van der Waals surface area contributed by atoms with Crippen LogP contribution in [0.15, 0.2) is 261 Å². The van der Waals surface area contributed by atoms with Crippen molar-refractivity contribution in [2.24, 2.45) is 35.2 Å². The van der Waals surface area contributed by atoms with Gasteiger partial charge in [-0.05, 0) is 197 Å². The van der Waals surface area contributed by atoms with Crippen LogP contribution in [0.5, 0.6) is 0 Å². The summed E-state index contributed by atoms with van der Waals surface area (Å²) < 4.78 is 40.8. The molecule has 22 aromatic rings. The molecular weight excluding hydrogens is 1550 g/mol. The van der Waals surface area contributed by atoms with Crippen molar-refractivity contribution >= 4 is 141 Å². The molecule has 0 atom stereocenters. The van der Waals surface area contributed by atoms with E-state index in [2.05, 4.69) is 412 Å². The van der Waals surface area contributed by atoms with Crippen molar-refractivity contribution in [2.45, 2.75) is 122 Å². The van der Waals surface area contributed by atoms with Crippen LogP contribution in [-0.4, -0.2) is 4.57 Å². The standard InChI is InChI=1S/2C30H28NO.C28H25N2O.C27H22NOS/c1-17-11-12-20-21-13-14-24-27(22-9-7-8-10-23(22)30(24,4)5)29(21)32-28(20)26(17)25-15-18(2)19(3)16-31(25)6;1-17-11-12-22-23-14-13-21-20-9-7-8-10-24(20)30(4,5)27(21)29(23)32-28(22)26(17)25-15-18(2)19(3)16-31(25)6;1-16-10-11-21-22-13-12-20-19-8-6-7-9-23(19)30(5)26(20)28(22)31-27(21)25(16)24-14-17(2)18(3)15-29(24)4;1-15-9-10-18-19-11-12-23-25(20-7-5-6-8-22(20)30-23)27(19)29-26(18)24(15)21-13-16(2)17(3)14-28(21)4/h2*7-16H,1-6H3;6-15H,1-5H3;5-14H,1-4H3/q4*+1. The van der Waals surface area contributed by atoms with E-state index in [0.29, 0.717) is 0 Å². The van der Waals surface area contributed by atoms with Crippen molar-refractivity contribution in [1.29, 1.82) is 0 Å². The number of aromatic nitrogens is 5. The summed E-state index contributed by atoms with van der Waals surface area (Å²) in [4.78, 5) is 0. The first-order chi connectivity index (χ1) is 60.0. The third-order valence-corrected chi connectivity index (χ3v) is 29.5. The fourth-order valence-electron chi connectivity index (χ4n) is 21.1. The number of pyridine rings is 4. The van der Waals surface area contributed by atoms with Gasteiger partial charge < -0.3 is 22.2 Å². The van der Waals surface area contributed by atoms with E-state index in [0.717, 1.165) is 50.2 Å². The SMILES string of the molecule is Cc1cc(-c2c(C)ccc3c2oc2c3ccc3c4ccccc4n(C)c32)[n+](C)cc1C.Cc1cc(-c2c(C)ccc3c2oc2c3ccc3sc4ccccc4c32)[n+](C)cc1C.Cc1cc(-c2c(C)ccc3c2oc2c4c(ccc23)-c2ccccc2C4(C)C)[n+](C)cc1C.Cc1cc(-c2c(C)ccc3c2oc2c4c(ccc23)C(C)(C)c2ccccc2-4)[n+](C)cc1C. The topological polar surface area (TPSA) is 73.0 Å². The minimum Gasteiger partial charge on any atom is -0.455 e. The van der Waals surface area contributed by atoms with Crippen LogP contribution in [0.1, 0.15) is 117 Å². The number of rotatable bonds is 4. The zero-order chi connectivity index (χ0) is 86.7. The van der Waals surface area contributed by atoms with Gasteiger partial charge >= 0.3 is 0 Å². The summed E-state index contributed by atoms with van der Waals surface area (Å²) in [6.45, 7) is 35.3. The largest absolute Gasteiger partial charge is 0.455 e. The van der Waals surface area contributed by atoms with E-state index in [1.165, 1.54) is 236 Å². The van der Waals surface area contributed by atoms with E-state index >= 15 is 0 Å². The van der Waals surface area contributed by atoms with Gasteiger partial charge in [0.05, 0.1) is 27.8 Å². The molecule has 125 heavy (non-hydrogen) atoms. The second kappa shape index (κ2) is 28.8. The van der Waals surface area contributed by atoms with Gasteiger partial charge in [0.15, 0.2) is 30.4 Å². The average Bonchev–Trinajstić information content (AvgIpc) is 1.55. The Hall–Kier alpha value is -13.5. The fourth-order valence-corrected chi connectivity index (χ4v) is 22.2. The Morgan fingerprint density at radius 1 is 0.264 bits per heavy atom. The van der Waals surface area contributed by atoms with E-state index in [1.54, 1.807) is 0 Å². The first-order valence-corrected chi connectivity index (χ1v) is 44.5. The van der Waals surface area contributed by atoms with Crippen molar-refractivity contribution < 1.29 is 35.9 Å². The summed E-state index contributed by atoms with van der Waals surface area (Å²) >= 11 is 1.83. The zero-order valence-electron chi connectivity index (χ0n) is 75.4. The Balaban J connectivity index is 0.000000102. The molecule has 2 aliphatic carbocycles. The molecule has 0 fully saturated rings. The van der Waals surface area contributed by atoms with Crippen LogP contribution in [0.3, 0.4) is 0 Å². The molecule has 0 bridgehead atoms. The van der Waals surface area contributed by atoms with Crippen LogP contribution in [0.2, 0.25) is 0 Å². The van der Waals surface area contributed by atoms with Gasteiger partial charge in [0.2, 0.25) is 22.8 Å². The molecule has 0 unspecified atom stereocenters. The van der Waals surface area contributed by atoms with Gasteiger partial charge in [-0.3, -0.25) is 0 Å². The highest BCUT2D eigenvalue weighted by atomic mass is 32.1. The quantitative estimate of drug-likeness (QED) is 0.165. The lowest BCUT2D eigenvalue weighted by Crippen LogP contribution is -2.31. The number of nitrogens with zero attached hydrogens (tertiary/aromatic N) is 5. The predicted molar refractivity (Wildman–Crippen MR) is 520 cm³/mol. The molecule has 12 aromatic carbocycles. The minimum atomic E-state index is -0.0976. The van der Waals surface area contributed by atoms with Crippen molar-refractivity contribution in [3.8, 4) is 67.3 Å². The molecule has 0 spiro atoms. The van der Waals surface area contributed by atoms with E-state index in [9.17, 15) is 0 Å². The fraction of sp³-hybridized carbons (Fsp3) is 0.200. The Labute approximate surface area is 732 Å². The molecule has 10 heteroatoms. The number of para-hydroxylation sites is 1. The van der Waals surface area contributed by atoms with Crippen LogP contribution in [-0.2, 0) is 46.1 Å². The lowest BCUT2D eigenvalue weighted by molar-refractivity contribution is -0.660. The molecule has 10 heterocycles. The van der Waals surface area contributed by atoms with Crippen molar-refractivity contribution in [3.05, 3.63) is 332 Å². The first kappa shape index (κ1) is 78.7. The molecule has 0 saturated heterocycles. The van der Waals surface area contributed by atoms with E-state index < -0.39 is 0 Å². The van der Waals surface area contributed by atoms with Gasteiger partial charge in [0, 0.05) is 155 Å². The molecule has 614 valence electrons. The molecule has 0 saturated carbocycles. The van der Waals surface area contributed by atoms with Crippen LogP contribution in [0.4, 0.5) is 0 Å². The zero-order valence-corrected chi connectivity index (χ0v) is 76.2. The highest BCUT2D eigenvalue weighted by molar-refractivity contribution is 7.26. The lowest BCUT2D eigenvalue weighted by Gasteiger charge is -2.21. The molecule has 10 aromatic heterocycles. The van der Waals surface area contributed by atoms with Gasteiger partial charge in [-0.25, -0.2) is 18.3 Å². The van der Waals surface area contributed by atoms with Crippen LogP contribution in [0, 0.1) is 83.1 Å². The highest BCUT2D eigenvalue weighted by Gasteiger charge is 2.41. The summed E-state index contributed by atoms with van der Waals surface area (Å²) in [5, 5.41) is 14.5. The Kier molecular flexibility index (Phi) is 18.1. The van der Waals surface area contributed by atoms with E-state index in [4.69, 9.17) is 17.7 Å². The number of hydrogen-bond donors (Lipinski definition) is 0. The summed E-state index contributed by atoms with van der Waals surface area (Å²) in [7, 11) is 10.6. The molecule has 24 rings (SSSR count). The molecule has 9 nitrogen and oxygen atoms in total. The molecule has 0 aliphatic heterocycles. The number of furan rings is 4.